The summed E-state index contributed by atoms with van der Waals surface area (Å²) in [6.07, 6.45) is 0. The Morgan fingerprint density at radius 2 is 1.42 bits per heavy atom. The van der Waals surface area contributed by atoms with Crippen molar-refractivity contribution in [3.05, 3.63) is 64.1 Å². The highest BCUT2D eigenvalue weighted by atomic mass is 35.5. The van der Waals surface area contributed by atoms with Crippen LogP contribution in [0.3, 0.4) is 0 Å². The second-order valence-electron chi connectivity index (χ2n) is 3.88. The Hall–Kier alpha value is -0.740. The minimum atomic E-state index is -3.68. The van der Waals surface area contributed by atoms with Crippen LogP contribution in [-0.4, -0.2) is 8.42 Å². The molecule has 2 nitrogen and oxygen atoms in total. The second-order valence-corrected chi connectivity index (χ2v) is 7.48. The highest BCUT2D eigenvalue weighted by Gasteiger charge is 2.27. The van der Waals surface area contributed by atoms with Crippen LogP contribution in [0.2, 0.25) is 10.0 Å². The normalized spacial score (nSPS) is 13.2. The number of alkyl halides is 1. The van der Waals surface area contributed by atoms with E-state index in [-0.39, 0.29) is 4.90 Å². The number of halogens is 3. The molecule has 0 saturated heterocycles. The van der Waals surface area contributed by atoms with Crippen molar-refractivity contribution in [3.63, 3.8) is 0 Å². The third-order valence-corrected chi connectivity index (χ3v) is 5.63. The average Bonchev–Trinajstić information content (AvgIpc) is 2.37. The van der Waals surface area contributed by atoms with Crippen molar-refractivity contribution in [2.75, 3.05) is 0 Å². The molecular formula is C13H9Cl3O2S. The van der Waals surface area contributed by atoms with Gasteiger partial charge in [0, 0.05) is 10.0 Å². The number of rotatable bonds is 3. The molecule has 0 aliphatic rings. The summed E-state index contributed by atoms with van der Waals surface area (Å²) in [5.74, 6) is 0. The van der Waals surface area contributed by atoms with Crippen LogP contribution in [0.4, 0.5) is 0 Å². The quantitative estimate of drug-likeness (QED) is 0.762. The van der Waals surface area contributed by atoms with E-state index in [4.69, 9.17) is 34.8 Å². The largest absolute Gasteiger partial charge is 0.222 e. The summed E-state index contributed by atoms with van der Waals surface area (Å²) in [5, 5.41) is 0.688. The third kappa shape index (κ3) is 3.23. The van der Waals surface area contributed by atoms with Crippen LogP contribution in [0, 0.1) is 0 Å². The van der Waals surface area contributed by atoms with E-state index >= 15 is 0 Å². The Labute approximate surface area is 126 Å². The molecule has 1 atom stereocenters. The Kier molecular flexibility index (Phi) is 4.41. The first kappa shape index (κ1) is 14.7. The Morgan fingerprint density at radius 3 is 1.95 bits per heavy atom. The molecule has 0 radical (unpaired) electrons. The van der Waals surface area contributed by atoms with Gasteiger partial charge in [-0.25, -0.2) is 8.42 Å². The number of sulfone groups is 1. The van der Waals surface area contributed by atoms with Crippen LogP contribution in [0.15, 0.2) is 53.4 Å². The van der Waals surface area contributed by atoms with Gasteiger partial charge in [0.15, 0.2) is 14.5 Å². The van der Waals surface area contributed by atoms with Crippen LogP contribution < -0.4 is 0 Å². The van der Waals surface area contributed by atoms with E-state index in [0.29, 0.717) is 15.6 Å². The van der Waals surface area contributed by atoms with E-state index in [2.05, 4.69) is 0 Å². The zero-order valence-electron chi connectivity index (χ0n) is 9.55. The lowest BCUT2D eigenvalue weighted by atomic mass is 10.2. The fourth-order valence-electron chi connectivity index (χ4n) is 1.62. The smallest absolute Gasteiger partial charge is 0.199 e. The van der Waals surface area contributed by atoms with Crippen LogP contribution in [-0.2, 0) is 9.84 Å². The first-order valence-electron chi connectivity index (χ1n) is 5.30. The van der Waals surface area contributed by atoms with Crippen molar-refractivity contribution in [1.29, 1.82) is 0 Å². The van der Waals surface area contributed by atoms with Crippen molar-refractivity contribution < 1.29 is 8.42 Å². The van der Waals surface area contributed by atoms with E-state index < -0.39 is 14.5 Å². The summed E-state index contributed by atoms with van der Waals surface area (Å²) in [4.78, 5) is 0.158. The molecule has 0 heterocycles. The maximum absolute atomic E-state index is 12.3. The van der Waals surface area contributed by atoms with Gasteiger partial charge < -0.3 is 0 Å². The van der Waals surface area contributed by atoms with E-state index in [0.717, 1.165) is 0 Å². The second kappa shape index (κ2) is 5.71. The van der Waals surface area contributed by atoms with Gasteiger partial charge in [0.2, 0.25) is 0 Å². The summed E-state index contributed by atoms with van der Waals surface area (Å²) < 4.78 is 23.4. The van der Waals surface area contributed by atoms with Crippen molar-refractivity contribution in [1.82, 2.24) is 0 Å². The fourth-order valence-corrected chi connectivity index (χ4v) is 3.86. The molecule has 100 valence electrons. The monoisotopic (exact) mass is 334 g/mol. The topological polar surface area (TPSA) is 34.1 Å². The SMILES string of the molecule is O=S(=O)(c1ccccc1)C(Cl)c1cc(Cl)cc(Cl)c1. The summed E-state index contributed by atoms with van der Waals surface area (Å²) >= 11 is 17.8. The number of hydrogen-bond donors (Lipinski definition) is 0. The third-order valence-electron chi connectivity index (χ3n) is 2.49. The molecule has 2 aromatic carbocycles. The van der Waals surface area contributed by atoms with E-state index in [1.54, 1.807) is 18.2 Å². The molecule has 2 aromatic rings. The fraction of sp³-hybridized carbons (Fsp3) is 0.0769. The molecule has 19 heavy (non-hydrogen) atoms. The zero-order valence-corrected chi connectivity index (χ0v) is 12.6. The minimum Gasteiger partial charge on any atom is -0.222 e. The van der Waals surface area contributed by atoms with E-state index in [1.807, 2.05) is 0 Å². The first-order valence-corrected chi connectivity index (χ1v) is 8.04. The van der Waals surface area contributed by atoms with Crippen LogP contribution >= 0.6 is 34.8 Å². The molecule has 0 aromatic heterocycles. The van der Waals surface area contributed by atoms with Crippen LogP contribution in [0.5, 0.6) is 0 Å². The molecule has 0 fully saturated rings. The van der Waals surface area contributed by atoms with Gasteiger partial charge >= 0.3 is 0 Å². The highest BCUT2D eigenvalue weighted by molar-refractivity contribution is 7.92. The van der Waals surface area contributed by atoms with Gasteiger partial charge in [-0.2, -0.15) is 0 Å². The van der Waals surface area contributed by atoms with E-state index in [9.17, 15) is 8.42 Å². The van der Waals surface area contributed by atoms with Crippen molar-refractivity contribution in [2.24, 2.45) is 0 Å². The molecule has 0 amide bonds. The van der Waals surface area contributed by atoms with Crippen LogP contribution in [0.25, 0.3) is 0 Å². The molecule has 1 unspecified atom stereocenters. The molecule has 6 heteroatoms. The van der Waals surface area contributed by atoms with Gasteiger partial charge in [-0.15, -0.1) is 0 Å². The van der Waals surface area contributed by atoms with Gasteiger partial charge in [-0.3, -0.25) is 0 Å². The molecule has 0 bridgehead atoms. The maximum atomic E-state index is 12.3. The molecular weight excluding hydrogens is 327 g/mol. The lowest BCUT2D eigenvalue weighted by molar-refractivity contribution is 0.594. The summed E-state index contributed by atoms with van der Waals surface area (Å²) in [7, 11) is -3.68. The highest BCUT2D eigenvalue weighted by Crippen LogP contribution is 2.34. The standard InChI is InChI=1S/C13H9Cl3O2S/c14-10-6-9(7-11(15)8-10)13(16)19(17,18)12-4-2-1-3-5-12/h1-8,13H. The van der Waals surface area contributed by atoms with Crippen LogP contribution in [0.1, 0.15) is 10.3 Å². The summed E-state index contributed by atoms with van der Waals surface area (Å²) in [5.41, 5.74) is 0.350. The molecule has 2 rings (SSSR count). The van der Waals surface area contributed by atoms with Gasteiger partial charge in [0.05, 0.1) is 4.90 Å². The molecule has 0 saturated carbocycles. The number of benzene rings is 2. The minimum absolute atomic E-state index is 0.158. The van der Waals surface area contributed by atoms with Crippen molar-refractivity contribution in [2.45, 2.75) is 9.60 Å². The lowest BCUT2D eigenvalue weighted by Gasteiger charge is -2.12. The average molecular weight is 336 g/mol. The molecule has 0 spiro atoms. The maximum Gasteiger partial charge on any atom is 0.199 e. The Balaban J connectivity index is 2.46. The van der Waals surface area contributed by atoms with Gasteiger partial charge in [-0.1, -0.05) is 53.0 Å². The zero-order chi connectivity index (χ0) is 14.0. The number of hydrogen-bond acceptors (Lipinski definition) is 2. The predicted molar refractivity (Wildman–Crippen MR) is 78.7 cm³/mol. The summed E-state index contributed by atoms with van der Waals surface area (Å²) in [6.45, 7) is 0. The van der Waals surface area contributed by atoms with Gasteiger partial charge in [0.25, 0.3) is 0 Å². The Morgan fingerprint density at radius 1 is 0.895 bits per heavy atom. The van der Waals surface area contributed by atoms with E-state index in [1.165, 1.54) is 30.3 Å². The predicted octanol–water partition coefficient (Wildman–Crippen LogP) is 4.70. The van der Waals surface area contributed by atoms with Crippen molar-refractivity contribution >= 4 is 44.6 Å². The summed E-state index contributed by atoms with van der Waals surface area (Å²) in [6, 6.07) is 12.5. The molecule has 0 N–H and O–H groups in total. The Bertz CT molecular complexity index is 664. The molecule has 0 aliphatic carbocycles. The first-order chi connectivity index (χ1) is 8.91. The van der Waals surface area contributed by atoms with Crippen molar-refractivity contribution in [3.8, 4) is 0 Å². The molecule has 0 aliphatic heterocycles. The van der Waals surface area contributed by atoms with Gasteiger partial charge in [-0.05, 0) is 35.9 Å². The lowest BCUT2D eigenvalue weighted by Crippen LogP contribution is -2.08. The van der Waals surface area contributed by atoms with Gasteiger partial charge in [0.1, 0.15) is 0 Å².